The van der Waals surface area contributed by atoms with E-state index in [1.165, 1.54) is 4.90 Å². The lowest BCUT2D eigenvalue weighted by Gasteiger charge is -2.28. The number of nitrogens with zero attached hydrogens (tertiary/aromatic N) is 1. The van der Waals surface area contributed by atoms with Crippen LogP contribution in [0.15, 0.2) is 24.4 Å². The van der Waals surface area contributed by atoms with Crippen molar-refractivity contribution in [3.05, 3.63) is 30.0 Å². The number of nitrogens with two attached hydrogens (primary N) is 1. The lowest BCUT2D eigenvalue weighted by molar-refractivity contribution is -0.139. The second-order valence-corrected chi connectivity index (χ2v) is 8.54. The number of alkyl carbamates (subject to hydrolysis) is 1. The summed E-state index contributed by atoms with van der Waals surface area (Å²) in [7, 11) is 0. The maximum atomic E-state index is 13.3. The zero-order chi connectivity index (χ0) is 22.1. The maximum Gasteiger partial charge on any atom is 0.408 e. The van der Waals surface area contributed by atoms with Crippen LogP contribution in [-0.4, -0.2) is 57.1 Å². The van der Waals surface area contributed by atoms with E-state index in [9.17, 15) is 19.5 Å². The highest BCUT2D eigenvalue weighted by Crippen LogP contribution is 2.25. The molecule has 30 heavy (non-hydrogen) atoms. The Balaban J connectivity index is 1.88. The van der Waals surface area contributed by atoms with Crippen LogP contribution in [0.2, 0.25) is 0 Å². The number of carbonyl (C=O) groups is 3. The molecule has 9 heteroatoms. The average molecular weight is 416 g/mol. The van der Waals surface area contributed by atoms with Crippen LogP contribution in [0.4, 0.5) is 4.79 Å². The van der Waals surface area contributed by atoms with Gasteiger partial charge in [0.05, 0.1) is 0 Å². The van der Waals surface area contributed by atoms with Crippen molar-refractivity contribution in [3.8, 4) is 5.75 Å². The van der Waals surface area contributed by atoms with Crippen molar-refractivity contribution in [1.82, 2.24) is 15.2 Å². The van der Waals surface area contributed by atoms with Gasteiger partial charge in [-0.2, -0.15) is 0 Å². The van der Waals surface area contributed by atoms with E-state index >= 15 is 0 Å². The summed E-state index contributed by atoms with van der Waals surface area (Å²) in [4.78, 5) is 42.0. The average Bonchev–Trinajstić information content (AvgIpc) is 3.26. The molecule has 0 aliphatic carbocycles. The standard InChI is InChI=1S/C21H28N4O5/c1-21(2,3)30-20(29)24-16(19(28)25-8-4-5-17(25)18(22)27)9-12-11-23-15-7-6-13(26)10-14(12)15/h6-7,10-11,16-17,23,26H,4-5,8-9H2,1-3H3,(H2,22,27)(H,24,29)/t16-,17-/m0/s1. The summed E-state index contributed by atoms with van der Waals surface area (Å²) < 4.78 is 5.32. The molecular formula is C21H28N4O5. The lowest BCUT2D eigenvalue weighted by Crippen LogP contribution is -2.54. The summed E-state index contributed by atoms with van der Waals surface area (Å²) in [6.45, 7) is 5.59. The van der Waals surface area contributed by atoms with Gasteiger partial charge in [-0.05, 0) is 57.4 Å². The predicted octanol–water partition coefficient (Wildman–Crippen LogP) is 1.79. The van der Waals surface area contributed by atoms with Crippen LogP contribution in [-0.2, 0) is 20.7 Å². The van der Waals surface area contributed by atoms with Crippen LogP contribution in [0, 0.1) is 0 Å². The van der Waals surface area contributed by atoms with Crippen LogP contribution in [0.1, 0.15) is 39.2 Å². The molecule has 0 spiro atoms. The van der Waals surface area contributed by atoms with Crippen LogP contribution in [0.5, 0.6) is 5.75 Å². The van der Waals surface area contributed by atoms with Crippen molar-refractivity contribution < 1.29 is 24.2 Å². The Morgan fingerprint density at radius 1 is 1.37 bits per heavy atom. The number of aromatic hydroxyl groups is 1. The minimum atomic E-state index is -0.957. The molecule has 1 aliphatic heterocycles. The van der Waals surface area contributed by atoms with E-state index in [0.717, 1.165) is 16.5 Å². The van der Waals surface area contributed by atoms with Gasteiger partial charge in [0.15, 0.2) is 0 Å². The van der Waals surface area contributed by atoms with Crippen molar-refractivity contribution in [2.24, 2.45) is 5.73 Å². The topological polar surface area (TPSA) is 138 Å². The highest BCUT2D eigenvalue weighted by Gasteiger charge is 2.37. The molecule has 0 bridgehead atoms. The zero-order valence-electron chi connectivity index (χ0n) is 17.4. The van der Waals surface area contributed by atoms with Gasteiger partial charge in [-0.3, -0.25) is 9.59 Å². The van der Waals surface area contributed by atoms with E-state index in [-0.39, 0.29) is 12.2 Å². The molecule has 0 unspecified atom stereocenters. The molecule has 9 nitrogen and oxygen atoms in total. The molecular weight excluding hydrogens is 388 g/mol. The molecule has 1 aliphatic rings. The van der Waals surface area contributed by atoms with Crippen LogP contribution < -0.4 is 11.1 Å². The first kappa shape index (κ1) is 21.5. The largest absolute Gasteiger partial charge is 0.508 e. The second-order valence-electron chi connectivity index (χ2n) is 8.54. The van der Waals surface area contributed by atoms with Gasteiger partial charge in [0.1, 0.15) is 23.4 Å². The molecule has 1 aromatic heterocycles. The highest BCUT2D eigenvalue weighted by molar-refractivity contribution is 5.92. The molecule has 2 atom stereocenters. The number of H-pyrrole nitrogens is 1. The quantitative estimate of drug-likeness (QED) is 0.589. The number of phenolic OH excluding ortho intramolecular Hbond substituents is 1. The predicted molar refractivity (Wildman–Crippen MR) is 111 cm³/mol. The Bertz CT molecular complexity index is 962. The zero-order valence-corrected chi connectivity index (χ0v) is 17.4. The van der Waals surface area contributed by atoms with Gasteiger partial charge in [0.25, 0.3) is 0 Å². The fraction of sp³-hybridized carbons (Fsp3) is 0.476. The fourth-order valence-electron chi connectivity index (χ4n) is 3.73. The van der Waals surface area contributed by atoms with Crippen LogP contribution in [0.3, 0.4) is 0 Å². The molecule has 2 aromatic rings. The van der Waals surface area contributed by atoms with Crippen molar-refractivity contribution in [2.45, 2.75) is 57.7 Å². The Hall–Kier alpha value is -3.23. The fourth-order valence-corrected chi connectivity index (χ4v) is 3.73. The number of aromatic nitrogens is 1. The monoisotopic (exact) mass is 416 g/mol. The van der Waals surface area contributed by atoms with Gasteiger partial charge in [-0.25, -0.2) is 4.79 Å². The molecule has 0 radical (unpaired) electrons. The Morgan fingerprint density at radius 3 is 2.77 bits per heavy atom. The summed E-state index contributed by atoms with van der Waals surface area (Å²) in [5.41, 5.74) is 6.27. The first-order valence-corrected chi connectivity index (χ1v) is 9.93. The third-order valence-electron chi connectivity index (χ3n) is 5.03. The van der Waals surface area contributed by atoms with Crippen LogP contribution >= 0.6 is 0 Å². The summed E-state index contributed by atoms with van der Waals surface area (Å²) in [5, 5.41) is 13.2. The van der Waals surface area contributed by atoms with Gasteiger partial charge < -0.3 is 30.8 Å². The SMILES string of the molecule is CC(C)(C)OC(=O)N[C@@H](Cc1c[nH]c2ccc(O)cc12)C(=O)N1CCC[C@H]1C(N)=O. The summed E-state index contributed by atoms with van der Waals surface area (Å²) in [6, 6.07) is 3.24. The number of phenols is 1. The molecule has 3 amide bonds. The van der Waals surface area contributed by atoms with Gasteiger partial charge in [0, 0.05) is 30.1 Å². The molecule has 1 aromatic carbocycles. The normalized spacial score (nSPS) is 17.7. The Kier molecular flexibility index (Phi) is 5.91. The molecule has 1 saturated heterocycles. The molecule has 1 fully saturated rings. The van der Waals surface area contributed by atoms with Crippen molar-refractivity contribution in [1.29, 1.82) is 0 Å². The number of hydrogen-bond acceptors (Lipinski definition) is 5. The lowest BCUT2D eigenvalue weighted by atomic mass is 10.0. The first-order chi connectivity index (χ1) is 14.0. The number of fused-ring (bicyclic) bond motifs is 1. The smallest absolute Gasteiger partial charge is 0.408 e. The number of amides is 3. The molecule has 162 valence electrons. The number of aromatic amines is 1. The molecule has 0 saturated carbocycles. The Labute approximate surface area is 174 Å². The number of carbonyl (C=O) groups excluding carboxylic acids is 3. The first-order valence-electron chi connectivity index (χ1n) is 9.93. The van der Waals surface area contributed by atoms with Crippen molar-refractivity contribution in [3.63, 3.8) is 0 Å². The second kappa shape index (κ2) is 8.25. The van der Waals surface area contributed by atoms with Crippen molar-refractivity contribution in [2.75, 3.05) is 6.54 Å². The van der Waals surface area contributed by atoms with E-state index in [0.29, 0.717) is 19.4 Å². The Morgan fingerprint density at radius 2 is 2.10 bits per heavy atom. The van der Waals surface area contributed by atoms with E-state index in [2.05, 4.69) is 10.3 Å². The minimum Gasteiger partial charge on any atom is -0.508 e. The van der Waals surface area contributed by atoms with Gasteiger partial charge in [-0.15, -0.1) is 0 Å². The number of primary amides is 1. The summed E-state index contributed by atoms with van der Waals surface area (Å²) in [5.74, 6) is -0.856. The van der Waals surface area contributed by atoms with Gasteiger partial charge >= 0.3 is 6.09 Å². The van der Waals surface area contributed by atoms with Gasteiger partial charge in [-0.1, -0.05) is 0 Å². The van der Waals surface area contributed by atoms with Crippen LogP contribution in [0.25, 0.3) is 10.9 Å². The van der Waals surface area contributed by atoms with E-state index < -0.39 is 35.6 Å². The number of nitrogens with one attached hydrogen (secondary N) is 2. The number of likely N-dealkylation sites (tertiary alicyclic amines) is 1. The minimum absolute atomic E-state index is 0.0969. The van der Waals surface area contributed by atoms with E-state index in [1.807, 2.05) is 0 Å². The highest BCUT2D eigenvalue weighted by atomic mass is 16.6. The molecule has 3 rings (SSSR count). The third kappa shape index (κ3) is 4.84. The number of hydrogen-bond donors (Lipinski definition) is 4. The maximum absolute atomic E-state index is 13.3. The number of ether oxygens (including phenoxy) is 1. The number of rotatable bonds is 5. The van der Waals surface area contributed by atoms with E-state index in [1.54, 1.807) is 45.2 Å². The number of benzene rings is 1. The summed E-state index contributed by atoms with van der Waals surface area (Å²) >= 11 is 0. The van der Waals surface area contributed by atoms with E-state index in [4.69, 9.17) is 10.5 Å². The molecule has 2 heterocycles. The third-order valence-corrected chi connectivity index (χ3v) is 5.03. The van der Waals surface area contributed by atoms with Gasteiger partial charge in [0.2, 0.25) is 11.8 Å². The summed E-state index contributed by atoms with van der Waals surface area (Å²) in [6.07, 6.45) is 2.33. The molecule has 5 N–H and O–H groups in total. The van der Waals surface area contributed by atoms with Crippen molar-refractivity contribution >= 4 is 28.8 Å².